The van der Waals surface area contributed by atoms with Gasteiger partial charge >= 0.3 is 0 Å². The highest BCUT2D eigenvalue weighted by Crippen LogP contribution is 2.24. The van der Waals surface area contributed by atoms with Crippen LogP contribution in [0.25, 0.3) is 11.5 Å². The largest absolute Gasteiger partial charge is 0.463 e. The van der Waals surface area contributed by atoms with Crippen molar-refractivity contribution in [1.82, 2.24) is 20.5 Å². The second-order valence-electron chi connectivity index (χ2n) is 7.00. The third-order valence-corrected chi connectivity index (χ3v) is 6.04. The molecule has 28 heavy (non-hydrogen) atoms. The summed E-state index contributed by atoms with van der Waals surface area (Å²) in [5, 5.41) is 12.7. The molecule has 146 valence electrons. The molecule has 1 aliphatic rings. The van der Waals surface area contributed by atoms with Crippen molar-refractivity contribution in [2.24, 2.45) is 5.92 Å². The summed E-state index contributed by atoms with van der Waals surface area (Å²) in [6.45, 7) is 6.05. The molecular formula is C20H23N5O2S. The van der Waals surface area contributed by atoms with Crippen LogP contribution in [-0.4, -0.2) is 34.2 Å². The maximum absolute atomic E-state index is 12.7. The first-order chi connectivity index (χ1) is 13.6. The predicted octanol–water partition coefficient (Wildman–Crippen LogP) is 3.34. The highest BCUT2D eigenvalue weighted by Gasteiger charge is 2.27. The molecule has 0 bridgehead atoms. The van der Waals surface area contributed by atoms with Gasteiger partial charge in [-0.25, -0.2) is 4.98 Å². The first kappa shape index (κ1) is 18.6. The van der Waals surface area contributed by atoms with E-state index in [9.17, 15) is 4.79 Å². The van der Waals surface area contributed by atoms with Gasteiger partial charge in [0.1, 0.15) is 5.69 Å². The van der Waals surface area contributed by atoms with Crippen LogP contribution in [0, 0.1) is 19.8 Å². The van der Waals surface area contributed by atoms with E-state index in [2.05, 4.69) is 25.4 Å². The molecule has 7 nitrogen and oxygen atoms in total. The molecule has 1 aliphatic heterocycles. The number of carbonyl (C=O) groups excluding carboxylic acids is 1. The average molecular weight is 398 g/mol. The van der Waals surface area contributed by atoms with Crippen molar-refractivity contribution in [1.29, 1.82) is 0 Å². The first-order valence-corrected chi connectivity index (χ1v) is 10.2. The quantitative estimate of drug-likeness (QED) is 0.711. The molecule has 4 rings (SSSR count). The van der Waals surface area contributed by atoms with Crippen molar-refractivity contribution in [2.45, 2.75) is 33.2 Å². The van der Waals surface area contributed by atoms with Gasteiger partial charge in [-0.05, 0) is 51.0 Å². The Morgan fingerprint density at radius 2 is 2.21 bits per heavy atom. The number of hydrogen-bond acceptors (Lipinski definition) is 7. The molecule has 1 fully saturated rings. The molecule has 1 amide bonds. The highest BCUT2D eigenvalue weighted by atomic mass is 32.1. The molecule has 0 aliphatic carbocycles. The predicted molar refractivity (Wildman–Crippen MR) is 108 cm³/mol. The molecule has 0 radical (unpaired) electrons. The van der Waals surface area contributed by atoms with Gasteiger partial charge in [0, 0.05) is 18.0 Å². The van der Waals surface area contributed by atoms with Crippen molar-refractivity contribution in [2.75, 3.05) is 18.0 Å². The molecule has 0 spiro atoms. The molecule has 1 saturated heterocycles. The Labute approximate surface area is 167 Å². The summed E-state index contributed by atoms with van der Waals surface area (Å²) in [6, 6.07) is 7.53. The van der Waals surface area contributed by atoms with Crippen LogP contribution in [0.5, 0.6) is 0 Å². The number of aromatic nitrogens is 3. The summed E-state index contributed by atoms with van der Waals surface area (Å²) >= 11 is 1.64. The van der Waals surface area contributed by atoms with Crippen LogP contribution in [0.15, 0.2) is 34.9 Å². The van der Waals surface area contributed by atoms with E-state index in [-0.39, 0.29) is 11.8 Å². The van der Waals surface area contributed by atoms with E-state index in [4.69, 9.17) is 4.42 Å². The zero-order valence-corrected chi connectivity index (χ0v) is 16.8. The van der Waals surface area contributed by atoms with Gasteiger partial charge in [0.25, 0.3) is 0 Å². The number of piperidine rings is 1. The van der Waals surface area contributed by atoms with Crippen LogP contribution in [0.2, 0.25) is 0 Å². The summed E-state index contributed by atoms with van der Waals surface area (Å²) in [7, 11) is 0. The van der Waals surface area contributed by atoms with E-state index in [1.54, 1.807) is 17.6 Å². The van der Waals surface area contributed by atoms with Crippen molar-refractivity contribution in [3.63, 3.8) is 0 Å². The second kappa shape index (κ2) is 8.10. The average Bonchev–Trinajstić information content (AvgIpc) is 3.36. The summed E-state index contributed by atoms with van der Waals surface area (Å²) < 4.78 is 5.35. The molecule has 3 aromatic rings. The Bertz CT molecular complexity index is 936. The number of hydrogen-bond donors (Lipinski definition) is 1. The molecule has 1 atom stereocenters. The van der Waals surface area contributed by atoms with Crippen molar-refractivity contribution in [3.8, 4) is 11.5 Å². The summed E-state index contributed by atoms with van der Waals surface area (Å²) in [6.07, 6.45) is 3.47. The van der Waals surface area contributed by atoms with E-state index >= 15 is 0 Å². The second-order valence-corrected chi connectivity index (χ2v) is 8.29. The van der Waals surface area contributed by atoms with Gasteiger partial charge in [0.15, 0.2) is 11.6 Å². The lowest BCUT2D eigenvalue weighted by Gasteiger charge is -2.32. The van der Waals surface area contributed by atoms with Crippen LogP contribution in [0.4, 0.5) is 5.82 Å². The Kier molecular flexibility index (Phi) is 5.38. The number of nitrogens with zero attached hydrogens (tertiary/aromatic N) is 4. The minimum atomic E-state index is -0.0466. The highest BCUT2D eigenvalue weighted by molar-refractivity contribution is 7.11. The van der Waals surface area contributed by atoms with Crippen LogP contribution in [0.3, 0.4) is 0 Å². The fraction of sp³-hybridized carbons (Fsp3) is 0.400. The van der Waals surface area contributed by atoms with Crippen molar-refractivity contribution >= 4 is 23.1 Å². The fourth-order valence-electron chi connectivity index (χ4n) is 3.50. The van der Waals surface area contributed by atoms with E-state index in [0.29, 0.717) is 24.5 Å². The number of furan rings is 1. The van der Waals surface area contributed by atoms with Crippen LogP contribution in [-0.2, 0) is 11.3 Å². The molecule has 8 heteroatoms. The lowest BCUT2D eigenvalue weighted by molar-refractivity contribution is -0.125. The SMILES string of the molecule is Cc1nc(C)c(CNC(=O)C2CCCN(c3ccc(-c4ccco4)nn3)C2)s1. The number of rotatable bonds is 5. The van der Waals surface area contributed by atoms with E-state index in [0.717, 1.165) is 40.8 Å². The topological polar surface area (TPSA) is 84.2 Å². The third kappa shape index (κ3) is 4.06. The lowest BCUT2D eigenvalue weighted by atomic mass is 9.97. The number of aryl methyl sites for hydroxylation is 2. The third-order valence-electron chi connectivity index (χ3n) is 4.96. The van der Waals surface area contributed by atoms with E-state index in [1.807, 2.05) is 38.1 Å². The van der Waals surface area contributed by atoms with Gasteiger partial charge < -0.3 is 14.6 Å². The molecule has 0 aromatic carbocycles. The Morgan fingerprint density at radius 1 is 1.32 bits per heavy atom. The molecule has 4 heterocycles. The van der Waals surface area contributed by atoms with Gasteiger partial charge in [-0.3, -0.25) is 4.79 Å². The first-order valence-electron chi connectivity index (χ1n) is 9.43. The van der Waals surface area contributed by atoms with Crippen LogP contribution >= 0.6 is 11.3 Å². The minimum absolute atomic E-state index is 0.0466. The van der Waals surface area contributed by atoms with Crippen LogP contribution in [0.1, 0.15) is 28.4 Å². The molecule has 0 saturated carbocycles. The Balaban J connectivity index is 1.37. The zero-order chi connectivity index (χ0) is 19.5. The fourth-order valence-corrected chi connectivity index (χ4v) is 4.37. The number of anilines is 1. The minimum Gasteiger partial charge on any atom is -0.463 e. The van der Waals surface area contributed by atoms with Gasteiger partial charge in [-0.2, -0.15) is 0 Å². The standard InChI is InChI=1S/C20H23N5O2S/c1-13-18(28-14(2)22-13)11-21-20(26)15-5-3-9-25(12-15)19-8-7-16(23-24-19)17-6-4-10-27-17/h4,6-8,10,15H,3,5,9,11-12H2,1-2H3,(H,21,26). The van der Waals surface area contributed by atoms with E-state index < -0.39 is 0 Å². The summed E-state index contributed by atoms with van der Waals surface area (Å²) in [4.78, 5) is 20.3. The Hall–Kier alpha value is -2.74. The summed E-state index contributed by atoms with van der Waals surface area (Å²) in [5.74, 6) is 1.54. The maximum Gasteiger partial charge on any atom is 0.225 e. The summed E-state index contributed by atoms with van der Waals surface area (Å²) in [5.41, 5.74) is 1.70. The van der Waals surface area contributed by atoms with Gasteiger partial charge in [0.05, 0.1) is 29.4 Å². The zero-order valence-electron chi connectivity index (χ0n) is 16.0. The van der Waals surface area contributed by atoms with E-state index in [1.165, 1.54) is 0 Å². The smallest absolute Gasteiger partial charge is 0.225 e. The normalized spacial score (nSPS) is 16.9. The monoisotopic (exact) mass is 397 g/mol. The molecule has 1 N–H and O–H groups in total. The molecular weight excluding hydrogens is 374 g/mol. The number of nitrogens with one attached hydrogen (secondary N) is 1. The van der Waals surface area contributed by atoms with Crippen LogP contribution < -0.4 is 10.2 Å². The van der Waals surface area contributed by atoms with Gasteiger partial charge in [-0.15, -0.1) is 21.5 Å². The van der Waals surface area contributed by atoms with Crippen molar-refractivity contribution in [3.05, 3.63) is 46.1 Å². The number of amides is 1. The van der Waals surface area contributed by atoms with Crippen molar-refractivity contribution < 1.29 is 9.21 Å². The lowest BCUT2D eigenvalue weighted by Crippen LogP contribution is -2.43. The number of carbonyl (C=O) groups is 1. The van der Waals surface area contributed by atoms with Gasteiger partial charge in [-0.1, -0.05) is 0 Å². The molecule has 3 aromatic heterocycles. The number of thiazole rings is 1. The maximum atomic E-state index is 12.7. The van der Waals surface area contributed by atoms with Gasteiger partial charge in [0.2, 0.25) is 5.91 Å². The molecule has 1 unspecified atom stereocenters. The Morgan fingerprint density at radius 3 is 2.89 bits per heavy atom.